The Morgan fingerprint density at radius 1 is 1.15 bits per heavy atom. The molecule has 1 unspecified atom stereocenters. The summed E-state index contributed by atoms with van der Waals surface area (Å²) in [4.78, 5) is 24.5. The molecule has 1 atom stereocenters. The molecule has 0 radical (unpaired) electrons. The smallest absolute Gasteiger partial charge is 0.272 e. The minimum absolute atomic E-state index is 0.0135. The van der Waals surface area contributed by atoms with Crippen LogP contribution in [0.2, 0.25) is 0 Å². The van der Waals surface area contributed by atoms with Crippen LogP contribution < -0.4 is 10.6 Å². The summed E-state index contributed by atoms with van der Waals surface area (Å²) >= 11 is 0. The zero-order valence-electron chi connectivity index (χ0n) is 14.3. The fourth-order valence-electron chi connectivity index (χ4n) is 3.45. The summed E-state index contributed by atoms with van der Waals surface area (Å²) in [6.45, 7) is -0.0641. The van der Waals surface area contributed by atoms with E-state index < -0.39 is 0 Å². The van der Waals surface area contributed by atoms with Gasteiger partial charge in [0.05, 0.1) is 18.1 Å². The lowest BCUT2D eigenvalue weighted by Crippen LogP contribution is -2.39. The summed E-state index contributed by atoms with van der Waals surface area (Å²) in [5, 5.41) is 9.88. The van der Waals surface area contributed by atoms with Crippen molar-refractivity contribution in [3.05, 3.63) is 71.5 Å². The number of carbonyl (C=O) groups excluding carboxylic acids is 2. The molecule has 1 aliphatic carbocycles. The van der Waals surface area contributed by atoms with Crippen molar-refractivity contribution >= 4 is 17.3 Å². The first-order chi connectivity index (χ1) is 12.7. The molecule has 0 aliphatic heterocycles. The molecule has 3 aromatic rings. The Balaban J connectivity index is 1.36. The van der Waals surface area contributed by atoms with Crippen molar-refractivity contribution in [2.24, 2.45) is 0 Å². The third kappa shape index (κ3) is 3.31. The number of hydrogen-bond donors (Lipinski definition) is 2. The van der Waals surface area contributed by atoms with Crippen molar-refractivity contribution in [3.8, 4) is 0 Å². The van der Waals surface area contributed by atoms with Gasteiger partial charge in [-0.05, 0) is 48.6 Å². The highest BCUT2D eigenvalue weighted by atomic mass is 16.2. The van der Waals surface area contributed by atoms with Crippen LogP contribution in [0, 0.1) is 0 Å². The van der Waals surface area contributed by atoms with Crippen LogP contribution in [-0.4, -0.2) is 28.0 Å². The Bertz CT molecular complexity index is 930. The number of amides is 2. The summed E-state index contributed by atoms with van der Waals surface area (Å²) in [7, 11) is 0. The molecule has 2 aromatic heterocycles. The normalized spacial score (nSPS) is 16.1. The highest BCUT2D eigenvalue weighted by Gasteiger charge is 2.21. The number of fused-ring (bicyclic) bond motifs is 2. The molecule has 0 spiro atoms. The zero-order chi connectivity index (χ0) is 17.9. The quantitative estimate of drug-likeness (QED) is 0.759. The number of nitrogens with zero attached hydrogens (tertiary/aromatic N) is 2. The predicted molar refractivity (Wildman–Crippen MR) is 97.8 cm³/mol. The number of carbonyl (C=O) groups is 2. The molecule has 0 saturated heterocycles. The van der Waals surface area contributed by atoms with Gasteiger partial charge in [0.1, 0.15) is 0 Å². The maximum Gasteiger partial charge on any atom is 0.272 e. The monoisotopic (exact) mass is 348 g/mol. The SMILES string of the molecule is O=C(CNC(=O)c1cc2ccccn2n1)NC1CCCc2ccccc21. The lowest BCUT2D eigenvalue weighted by molar-refractivity contribution is -0.121. The highest BCUT2D eigenvalue weighted by molar-refractivity contribution is 5.95. The van der Waals surface area contributed by atoms with Gasteiger partial charge in [-0.1, -0.05) is 30.3 Å². The molecule has 2 heterocycles. The summed E-state index contributed by atoms with van der Waals surface area (Å²) in [5.74, 6) is -0.545. The van der Waals surface area contributed by atoms with Gasteiger partial charge in [-0.15, -0.1) is 0 Å². The van der Waals surface area contributed by atoms with Crippen LogP contribution in [0.25, 0.3) is 5.52 Å². The Labute approximate surface area is 151 Å². The minimum atomic E-state index is -0.354. The molecule has 0 fully saturated rings. The standard InChI is InChI=1S/C20H20N4O2/c25-19(22-17-10-5-7-14-6-1-2-9-16(14)17)13-21-20(26)18-12-15-8-3-4-11-24(15)23-18/h1-4,6,8-9,11-12,17H,5,7,10,13H2,(H,21,26)(H,22,25). The Kier molecular flexibility index (Phi) is 4.39. The molecule has 0 saturated carbocycles. The Morgan fingerprint density at radius 3 is 2.88 bits per heavy atom. The molecule has 6 heteroatoms. The lowest BCUT2D eigenvalue weighted by atomic mass is 9.88. The maximum atomic E-state index is 12.3. The number of hydrogen-bond acceptors (Lipinski definition) is 3. The van der Waals surface area contributed by atoms with Gasteiger partial charge in [-0.3, -0.25) is 9.59 Å². The van der Waals surface area contributed by atoms with Gasteiger partial charge in [-0.2, -0.15) is 5.10 Å². The van der Waals surface area contributed by atoms with Crippen LogP contribution in [0.4, 0.5) is 0 Å². The molecule has 1 aliphatic rings. The first kappa shape index (κ1) is 16.3. The van der Waals surface area contributed by atoms with Crippen molar-refractivity contribution in [2.45, 2.75) is 25.3 Å². The zero-order valence-corrected chi connectivity index (χ0v) is 14.3. The van der Waals surface area contributed by atoms with Crippen LogP contribution in [-0.2, 0) is 11.2 Å². The second kappa shape index (κ2) is 7.00. The fraction of sp³-hybridized carbons (Fsp3) is 0.250. The van der Waals surface area contributed by atoms with E-state index in [2.05, 4.69) is 27.9 Å². The van der Waals surface area contributed by atoms with E-state index in [9.17, 15) is 9.59 Å². The minimum Gasteiger partial charge on any atom is -0.348 e. The third-order valence-corrected chi connectivity index (χ3v) is 4.72. The topological polar surface area (TPSA) is 75.5 Å². The third-order valence-electron chi connectivity index (χ3n) is 4.72. The van der Waals surface area contributed by atoms with E-state index in [1.807, 2.05) is 30.3 Å². The van der Waals surface area contributed by atoms with Crippen LogP contribution >= 0.6 is 0 Å². The first-order valence-corrected chi connectivity index (χ1v) is 8.80. The largest absolute Gasteiger partial charge is 0.348 e. The van der Waals surface area contributed by atoms with E-state index in [1.165, 1.54) is 11.1 Å². The van der Waals surface area contributed by atoms with Crippen molar-refractivity contribution in [1.29, 1.82) is 0 Å². The van der Waals surface area contributed by atoms with Crippen molar-refractivity contribution in [3.63, 3.8) is 0 Å². The molecular weight excluding hydrogens is 328 g/mol. The van der Waals surface area contributed by atoms with E-state index >= 15 is 0 Å². The predicted octanol–water partition coefficient (Wildman–Crippen LogP) is 2.26. The first-order valence-electron chi connectivity index (χ1n) is 8.80. The van der Waals surface area contributed by atoms with E-state index in [0.717, 1.165) is 24.8 Å². The highest BCUT2D eigenvalue weighted by Crippen LogP contribution is 2.29. The van der Waals surface area contributed by atoms with Crippen LogP contribution in [0.1, 0.15) is 40.5 Å². The average molecular weight is 348 g/mol. The van der Waals surface area contributed by atoms with E-state index in [0.29, 0.717) is 5.69 Å². The van der Waals surface area contributed by atoms with Gasteiger partial charge in [-0.25, -0.2) is 4.52 Å². The fourth-order valence-corrected chi connectivity index (χ4v) is 3.45. The number of nitrogens with one attached hydrogen (secondary N) is 2. The number of aromatic nitrogens is 2. The van der Waals surface area contributed by atoms with Gasteiger partial charge >= 0.3 is 0 Å². The van der Waals surface area contributed by atoms with Gasteiger partial charge in [0, 0.05) is 6.20 Å². The molecule has 2 amide bonds. The van der Waals surface area contributed by atoms with Gasteiger partial charge < -0.3 is 10.6 Å². The number of pyridine rings is 1. The van der Waals surface area contributed by atoms with Crippen molar-refractivity contribution in [2.75, 3.05) is 6.54 Å². The van der Waals surface area contributed by atoms with Gasteiger partial charge in [0.15, 0.2) is 5.69 Å². The second-order valence-corrected chi connectivity index (χ2v) is 6.49. The molecule has 1 aromatic carbocycles. The summed E-state index contributed by atoms with van der Waals surface area (Å²) in [6, 6.07) is 15.5. The van der Waals surface area contributed by atoms with E-state index in [4.69, 9.17) is 0 Å². The summed E-state index contributed by atoms with van der Waals surface area (Å²) in [6.07, 6.45) is 4.80. The molecule has 0 bridgehead atoms. The van der Waals surface area contributed by atoms with Crippen LogP contribution in [0.5, 0.6) is 0 Å². The van der Waals surface area contributed by atoms with Crippen molar-refractivity contribution in [1.82, 2.24) is 20.2 Å². The Hall–Kier alpha value is -3.15. The maximum absolute atomic E-state index is 12.3. The molecule has 4 rings (SSSR count). The molecule has 26 heavy (non-hydrogen) atoms. The number of rotatable bonds is 4. The number of benzene rings is 1. The van der Waals surface area contributed by atoms with E-state index in [1.54, 1.807) is 16.8 Å². The van der Waals surface area contributed by atoms with Crippen LogP contribution in [0.3, 0.4) is 0 Å². The van der Waals surface area contributed by atoms with Gasteiger partial charge in [0.25, 0.3) is 5.91 Å². The molecule has 2 N–H and O–H groups in total. The summed E-state index contributed by atoms with van der Waals surface area (Å²) < 4.78 is 1.63. The molecule has 132 valence electrons. The second-order valence-electron chi connectivity index (χ2n) is 6.49. The van der Waals surface area contributed by atoms with Gasteiger partial charge in [0.2, 0.25) is 5.91 Å². The Morgan fingerprint density at radius 2 is 2.00 bits per heavy atom. The lowest BCUT2D eigenvalue weighted by Gasteiger charge is -2.26. The molecule has 6 nitrogen and oxygen atoms in total. The molecular formula is C20H20N4O2. The van der Waals surface area contributed by atoms with Crippen LogP contribution in [0.15, 0.2) is 54.7 Å². The summed E-state index contributed by atoms with van der Waals surface area (Å²) in [5.41, 5.74) is 3.60. The average Bonchev–Trinajstić information content (AvgIpc) is 3.11. The van der Waals surface area contributed by atoms with Crippen molar-refractivity contribution < 1.29 is 9.59 Å². The van der Waals surface area contributed by atoms with E-state index in [-0.39, 0.29) is 24.4 Å². The number of aryl methyl sites for hydroxylation is 1.